The second-order valence-corrected chi connectivity index (χ2v) is 8.78. The van der Waals surface area contributed by atoms with Gasteiger partial charge in [0.25, 0.3) is 0 Å². The standard InChI is InChI=1S/C17H23N3O3S/c21-17-16-6-2-5-11-20(16)15-8-7-13(12-14(15)18-17)24(22,23)19-9-3-1-4-10-19/h7-8,12,16H,1-6,9-11H2,(H,18,21). The highest BCUT2D eigenvalue weighted by Gasteiger charge is 2.35. The van der Waals surface area contributed by atoms with Gasteiger partial charge in [0, 0.05) is 19.6 Å². The average Bonchev–Trinajstić information content (AvgIpc) is 2.62. The molecular weight excluding hydrogens is 326 g/mol. The molecule has 1 unspecified atom stereocenters. The van der Waals surface area contributed by atoms with Gasteiger partial charge < -0.3 is 10.2 Å². The van der Waals surface area contributed by atoms with Crippen molar-refractivity contribution in [1.82, 2.24) is 4.31 Å². The summed E-state index contributed by atoms with van der Waals surface area (Å²) in [6.45, 7) is 2.02. The Hall–Kier alpha value is -1.60. The largest absolute Gasteiger partial charge is 0.358 e. The van der Waals surface area contributed by atoms with Crippen LogP contribution < -0.4 is 10.2 Å². The molecule has 1 aromatic rings. The number of piperidine rings is 2. The summed E-state index contributed by atoms with van der Waals surface area (Å²) in [6, 6.07) is 5.05. The van der Waals surface area contributed by atoms with Crippen molar-refractivity contribution in [1.29, 1.82) is 0 Å². The van der Waals surface area contributed by atoms with Crippen LogP contribution in [0.25, 0.3) is 0 Å². The molecule has 3 aliphatic rings. The predicted octanol–water partition coefficient (Wildman–Crippen LogP) is 2.17. The van der Waals surface area contributed by atoms with E-state index >= 15 is 0 Å². The van der Waals surface area contributed by atoms with Gasteiger partial charge in [-0.1, -0.05) is 6.42 Å². The first kappa shape index (κ1) is 15.9. The van der Waals surface area contributed by atoms with Crippen LogP contribution in [0, 0.1) is 0 Å². The maximum atomic E-state index is 12.8. The Kier molecular flexibility index (Phi) is 4.00. The number of fused-ring (bicyclic) bond motifs is 3. The van der Waals surface area contributed by atoms with Gasteiger partial charge in [-0.25, -0.2) is 8.42 Å². The molecule has 0 aliphatic carbocycles. The lowest BCUT2D eigenvalue weighted by Gasteiger charge is -2.41. The number of benzene rings is 1. The zero-order valence-electron chi connectivity index (χ0n) is 13.7. The molecule has 0 spiro atoms. The van der Waals surface area contributed by atoms with Crippen molar-refractivity contribution in [2.24, 2.45) is 0 Å². The van der Waals surface area contributed by atoms with Crippen molar-refractivity contribution in [2.75, 3.05) is 29.9 Å². The van der Waals surface area contributed by atoms with Crippen LogP contribution in [0.2, 0.25) is 0 Å². The number of amides is 1. The zero-order valence-corrected chi connectivity index (χ0v) is 14.5. The van der Waals surface area contributed by atoms with Crippen molar-refractivity contribution < 1.29 is 13.2 Å². The van der Waals surface area contributed by atoms with Crippen LogP contribution in [0.5, 0.6) is 0 Å². The number of anilines is 2. The molecule has 2 saturated heterocycles. The molecule has 1 N–H and O–H groups in total. The quantitative estimate of drug-likeness (QED) is 0.888. The Labute approximate surface area is 142 Å². The van der Waals surface area contributed by atoms with Gasteiger partial charge >= 0.3 is 0 Å². The maximum absolute atomic E-state index is 12.8. The normalized spacial score (nSPS) is 24.9. The number of nitrogens with zero attached hydrogens (tertiary/aromatic N) is 2. The fraction of sp³-hybridized carbons (Fsp3) is 0.588. The maximum Gasteiger partial charge on any atom is 0.247 e. The fourth-order valence-electron chi connectivity index (χ4n) is 3.99. The molecule has 7 heteroatoms. The van der Waals surface area contributed by atoms with Crippen LogP contribution in [0.3, 0.4) is 0 Å². The Morgan fingerprint density at radius 3 is 2.54 bits per heavy atom. The number of carbonyl (C=O) groups excluding carboxylic acids is 1. The first-order valence-electron chi connectivity index (χ1n) is 8.79. The SMILES string of the molecule is O=C1Nc2cc(S(=O)(=O)N3CCCCC3)ccc2N2CCCCC12. The molecule has 4 rings (SSSR count). The third-order valence-corrected chi connectivity index (χ3v) is 7.19. The van der Waals surface area contributed by atoms with Gasteiger partial charge in [-0.2, -0.15) is 4.31 Å². The molecule has 0 aromatic heterocycles. The monoisotopic (exact) mass is 349 g/mol. The summed E-state index contributed by atoms with van der Waals surface area (Å²) in [5.41, 5.74) is 1.56. The van der Waals surface area contributed by atoms with E-state index in [-0.39, 0.29) is 16.8 Å². The van der Waals surface area contributed by atoms with E-state index in [1.165, 1.54) is 0 Å². The van der Waals surface area contributed by atoms with Crippen molar-refractivity contribution in [3.05, 3.63) is 18.2 Å². The van der Waals surface area contributed by atoms with Crippen LogP contribution >= 0.6 is 0 Å². The molecule has 130 valence electrons. The number of sulfonamides is 1. The highest BCUT2D eigenvalue weighted by molar-refractivity contribution is 7.89. The minimum atomic E-state index is -3.48. The molecule has 24 heavy (non-hydrogen) atoms. The number of nitrogens with one attached hydrogen (secondary N) is 1. The topological polar surface area (TPSA) is 69.7 Å². The van der Waals surface area contributed by atoms with Crippen LogP contribution in [0.15, 0.2) is 23.1 Å². The smallest absolute Gasteiger partial charge is 0.247 e. The fourth-order valence-corrected chi connectivity index (χ4v) is 5.53. The van der Waals surface area contributed by atoms with Crippen LogP contribution in [0.1, 0.15) is 38.5 Å². The molecule has 0 radical (unpaired) electrons. The van der Waals surface area contributed by atoms with Crippen molar-refractivity contribution in [3.8, 4) is 0 Å². The van der Waals surface area contributed by atoms with Gasteiger partial charge in [0.05, 0.1) is 16.3 Å². The lowest BCUT2D eigenvalue weighted by Crippen LogP contribution is -2.50. The van der Waals surface area contributed by atoms with E-state index in [2.05, 4.69) is 10.2 Å². The molecule has 3 aliphatic heterocycles. The van der Waals surface area contributed by atoms with Crippen LogP contribution in [0.4, 0.5) is 11.4 Å². The molecule has 3 heterocycles. The first-order chi connectivity index (χ1) is 11.6. The van der Waals surface area contributed by atoms with Crippen LogP contribution in [-0.4, -0.2) is 44.3 Å². The van der Waals surface area contributed by atoms with Crippen LogP contribution in [-0.2, 0) is 14.8 Å². The summed E-state index contributed by atoms with van der Waals surface area (Å²) in [6.07, 6.45) is 5.90. The first-order valence-corrected chi connectivity index (χ1v) is 10.2. The van der Waals surface area contributed by atoms with Gasteiger partial charge in [-0.3, -0.25) is 4.79 Å². The number of hydrogen-bond donors (Lipinski definition) is 1. The van der Waals surface area contributed by atoms with E-state index < -0.39 is 10.0 Å². The lowest BCUT2D eigenvalue weighted by molar-refractivity contribution is -0.118. The van der Waals surface area contributed by atoms with Crippen molar-refractivity contribution >= 4 is 27.3 Å². The highest BCUT2D eigenvalue weighted by Crippen LogP contribution is 2.37. The Balaban J connectivity index is 1.68. The third kappa shape index (κ3) is 2.59. The highest BCUT2D eigenvalue weighted by atomic mass is 32.2. The molecular formula is C17H23N3O3S. The summed E-state index contributed by atoms with van der Waals surface area (Å²) in [7, 11) is -3.48. The van der Waals surface area contributed by atoms with Crippen molar-refractivity contribution in [2.45, 2.75) is 49.5 Å². The molecule has 1 atom stereocenters. The summed E-state index contributed by atoms with van der Waals surface area (Å²) in [5, 5.41) is 2.91. The summed E-state index contributed by atoms with van der Waals surface area (Å²) in [5.74, 6) is -0.0188. The second-order valence-electron chi connectivity index (χ2n) is 6.84. The van der Waals surface area contributed by atoms with Gasteiger partial charge in [0.15, 0.2) is 0 Å². The Morgan fingerprint density at radius 2 is 1.75 bits per heavy atom. The van der Waals surface area contributed by atoms with Crippen molar-refractivity contribution in [3.63, 3.8) is 0 Å². The number of rotatable bonds is 2. The number of carbonyl (C=O) groups is 1. The molecule has 1 aromatic carbocycles. The van der Waals surface area contributed by atoms with Gasteiger partial charge in [0.2, 0.25) is 15.9 Å². The van der Waals surface area contributed by atoms with E-state index in [0.717, 1.165) is 50.8 Å². The second kappa shape index (κ2) is 6.04. The van der Waals surface area contributed by atoms with E-state index in [9.17, 15) is 13.2 Å². The zero-order chi connectivity index (χ0) is 16.7. The van der Waals surface area contributed by atoms with E-state index in [1.807, 2.05) is 6.07 Å². The number of hydrogen-bond acceptors (Lipinski definition) is 4. The molecule has 6 nitrogen and oxygen atoms in total. The molecule has 0 bridgehead atoms. The molecule has 0 saturated carbocycles. The molecule has 1 amide bonds. The summed E-state index contributed by atoms with van der Waals surface area (Å²) >= 11 is 0. The Morgan fingerprint density at radius 1 is 1.00 bits per heavy atom. The van der Waals surface area contributed by atoms with E-state index in [1.54, 1.807) is 16.4 Å². The van der Waals surface area contributed by atoms with Gasteiger partial charge in [-0.05, 0) is 50.3 Å². The summed E-state index contributed by atoms with van der Waals surface area (Å²) < 4.78 is 27.2. The van der Waals surface area contributed by atoms with Gasteiger partial charge in [-0.15, -0.1) is 0 Å². The average molecular weight is 349 g/mol. The predicted molar refractivity (Wildman–Crippen MR) is 92.7 cm³/mol. The minimum absolute atomic E-state index is 0.0188. The minimum Gasteiger partial charge on any atom is -0.358 e. The van der Waals surface area contributed by atoms with E-state index in [4.69, 9.17) is 0 Å². The van der Waals surface area contributed by atoms with E-state index in [0.29, 0.717) is 18.8 Å². The third-order valence-electron chi connectivity index (χ3n) is 5.29. The summed E-state index contributed by atoms with van der Waals surface area (Å²) in [4.78, 5) is 14.7. The molecule has 2 fully saturated rings. The van der Waals surface area contributed by atoms with Gasteiger partial charge in [0.1, 0.15) is 6.04 Å². The lowest BCUT2D eigenvalue weighted by atomic mass is 9.97. The Bertz CT molecular complexity index is 756.